The van der Waals surface area contributed by atoms with Gasteiger partial charge in [0.25, 0.3) is 0 Å². The first-order chi connectivity index (χ1) is 10.9. The van der Waals surface area contributed by atoms with Gasteiger partial charge in [-0.3, -0.25) is 9.69 Å². The highest BCUT2D eigenvalue weighted by atomic mass is 16.4. The summed E-state index contributed by atoms with van der Waals surface area (Å²) in [6.45, 7) is 6.53. The molecule has 2 N–H and O–H groups in total. The molecular weight excluding hydrogens is 294 g/mol. The lowest BCUT2D eigenvalue weighted by Crippen LogP contribution is -2.42. The lowest BCUT2D eigenvalue weighted by atomic mass is 10.0. The fraction of sp³-hybridized carbons (Fsp3) is 0.647. The molecule has 0 spiro atoms. The van der Waals surface area contributed by atoms with Gasteiger partial charge in [0.1, 0.15) is 0 Å². The first-order valence-electron chi connectivity index (χ1n) is 8.29. The third-order valence-electron chi connectivity index (χ3n) is 4.70. The van der Waals surface area contributed by atoms with Crippen molar-refractivity contribution >= 4 is 11.9 Å². The highest BCUT2D eigenvalue weighted by molar-refractivity contribution is 5.93. The van der Waals surface area contributed by atoms with E-state index in [0.717, 1.165) is 13.1 Å². The Morgan fingerprint density at radius 1 is 1.39 bits per heavy atom. The van der Waals surface area contributed by atoms with Gasteiger partial charge in [0.2, 0.25) is 5.91 Å². The maximum atomic E-state index is 12.1. The van der Waals surface area contributed by atoms with Gasteiger partial charge in [-0.1, -0.05) is 6.42 Å². The van der Waals surface area contributed by atoms with Crippen LogP contribution in [0.5, 0.6) is 0 Å². The topological polar surface area (TPSA) is 74.6 Å². The molecule has 1 aromatic heterocycles. The molecule has 1 aromatic rings. The normalized spacial score (nSPS) is 18.8. The number of carboxylic acids is 1. The summed E-state index contributed by atoms with van der Waals surface area (Å²) in [5.74, 6) is -1.11. The van der Waals surface area contributed by atoms with Gasteiger partial charge in [0, 0.05) is 38.1 Å². The zero-order valence-electron chi connectivity index (χ0n) is 14.3. The number of nitrogens with zero attached hydrogens (tertiary/aromatic N) is 2. The van der Waals surface area contributed by atoms with Crippen LogP contribution in [0.15, 0.2) is 6.20 Å². The van der Waals surface area contributed by atoms with E-state index in [1.807, 2.05) is 0 Å². The van der Waals surface area contributed by atoms with E-state index in [0.29, 0.717) is 23.8 Å². The highest BCUT2D eigenvalue weighted by Gasteiger charge is 2.21. The third-order valence-corrected chi connectivity index (χ3v) is 4.70. The van der Waals surface area contributed by atoms with Gasteiger partial charge in [0.05, 0.1) is 12.0 Å². The second-order valence-electron chi connectivity index (χ2n) is 6.46. The number of piperidine rings is 1. The average molecular weight is 321 g/mol. The van der Waals surface area contributed by atoms with Crippen molar-refractivity contribution in [3.05, 3.63) is 23.0 Å². The Hall–Kier alpha value is -1.82. The van der Waals surface area contributed by atoms with E-state index in [1.54, 1.807) is 24.7 Å². The molecule has 1 aliphatic heterocycles. The lowest BCUT2D eigenvalue weighted by Gasteiger charge is -2.33. The number of carboxylic acid groups (broad SMARTS) is 1. The molecular formula is C17H27N3O3. The Morgan fingerprint density at radius 3 is 2.78 bits per heavy atom. The number of carbonyl (C=O) groups excluding carboxylic acids is 1. The Labute approximate surface area is 137 Å². The molecule has 1 amide bonds. The Bertz CT molecular complexity index is 580. The SMILES string of the molecule is Cc1cn(C)c(CC(=O)NCCN2CCCCC2C)c1C(=O)O. The number of likely N-dealkylation sites (tertiary alicyclic amines) is 1. The van der Waals surface area contributed by atoms with E-state index in [9.17, 15) is 14.7 Å². The molecule has 6 heteroatoms. The summed E-state index contributed by atoms with van der Waals surface area (Å²) in [5, 5.41) is 12.2. The number of aryl methyl sites for hydroxylation is 2. The van der Waals surface area contributed by atoms with Crippen LogP contribution in [0, 0.1) is 6.92 Å². The second-order valence-corrected chi connectivity index (χ2v) is 6.46. The summed E-state index contributed by atoms with van der Waals surface area (Å²) < 4.78 is 1.73. The molecule has 1 fully saturated rings. The number of hydrogen-bond donors (Lipinski definition) is 2. The largest absolute Gasteiger partial charge is 0.478 e. The van der Waals surface area contributed by atoms with E-state index in [-0.39, 0.29) is 17.9 Å². The van der Waals surface area contributed by atoms with Crippen LogP contribution in [0.1, 0.15) is 47.8 Å². The van der Waals surface area contributed by atoms with E-state index in [4.69, 9.17) is 0 Å². The molecule has 23 heavy (non-hydrogen) atoms. The van der Waals surface area contributed by atoms with Crippen molar-refractivity contribution in [1.82, 2.24) is 14.8 Å². The van der Waals surface area contributed by atoms with Crippen molar-refractivity contribution in [3.8, 4) is 0 Å². The lowest BCUT2D eigenvalue weighted by molar-refractivity contribution is -0.120. The molecule has 0 saturated carbocycles. The van der Waals surface area contributed by atoms with Crippen LogP contribution in [-0.4, -0.2) is 52.1 Å². The van der Waals surface area contributed by atoms with E-state index in [1.165, 1.54) is 19.3 Å². The van der Waals surface area contributed by atoms with Gasteiger partial charge in [-0.15, -0.1) is 0 Å². The summed E-state index contributed by atoms with van der Waals surface area (Å²) in [7, 11) is 1.78. The standard InChI is InChI=1S/C17H27N3O3/c1-12-11-19(3)14(16(12)17(22)23)10-15(21)18-7-9-20-8-5-4-6-13(20)2/h11,13H,4-10H2,1-3H3,(H,18,21)(H,22,23). The molecule has 0 bridgehead atoms. The van der Waals surface area contributed by atoms with Crippen LogP contribution in [0.25, 0.3) is 0 Å². The van der Waals surface area contributed by atoms with Crippen LogP contribution >= 0.6 is 0 Å². The fourth-order valence-corrected chi connectivity index (χ4v) is 3.39. The van der Waals surface area contributed by atoms with Gasteiger partial charge in [-0.2, -0.15) is 0 Å². The molecule has 1 unspecified atom stereocenters. The smallest absolute Gasteiger partial charge is 0.337 e. The van der Waals surface area contributed by atoms with Crippen molar-refractivity contribution < 1.29 is 14.7 Å². The number of hydrogen-bond acceptors (Lipinski definition) is 3. The quantitative estimate of drug-likeness (QED) is 0.834. The Kier molecular flexibility index (Phi) is 5.82. The van der Waals surface area contributed by atoms with Crippen LogP contribution in [-0.2, 0) is 18.3 Å². The predicted molar refractivity (Wildman–Crippen MR) is 88.7 cm³/mol. The third kappa shape index (κ3) is 4.34. The molecule has 1 atom stereocenters. The van der Waals surface area contributed by atoms with Crippen LogP contribution < -0.4 is 5.32 Å². The number of aromatic nitrogens is 1. The molecule has 0 aromatic carbocycles. The summed E-state index contributed by atoms with van der Waals surface area (Å²) in [6, 6.07) is 0.579. The average Bonchev–Trinajstić information content (AvgIpc) is 2.75. The van der Waals surface area contributed by atoms with Gasteiger partial charge in [0.15, 0.2) is 0 Å². The maximum Gasteiger partial charge on any atom is 0.337 e. The number of amides is 1. The first kappa shape index (κ1) is 17.5. The zero-order chi connectivity index (χ0) is 17.0. The molecule has 2 rings (SSSR count). The summed E-state index contributed by atoms with van der Waals surface area (Å²) in [6.07, 6.45) is 5.58. The molecule has 0 aliphatic carbocycles. The van der Waals surface area contributed by atoms with Crippen molar-refractivity contribution in [1.29, 1.82) is 0 Å². The fourth-order valence-electron chi connectivity index (χ4n) is 3.39. The molecule has 2 heterocycles. The number of aromatic carboxylic acids is 1. The van der Waals surface area contributed by atoms with Crippen molar-refractivity contribution in [2.75, 3.05) is 19.6 Å². The van der Waals surface area contributed by atoms with Crippen LogP contribution in [0.4, 0.5) is 0 Å². The van der Waals surface area contributed by atoms with Crippen molar-refractivity contribution in [2.45, 2.75) is 45.6 Å². The Balaban J connectivity index is 1.87. The van der Waals surface area contributed by atoms with Crippen molar-refractivity contribution in [3.63, 3.8) is 0 Å². The minimum absolute atomic E-state index is 0.0987. The molecule has 1 aliphatic rings. The summed E-state index contributed by atoms with van der Waals surface area (Å²) >= 11 is 0. The minimum Gasteiger partial charge on any atom is -0.478 e. The van der Waals surface area contributed by atoms with E-state index in [2.05, 4.69) is 17.1 Å². The number of carbonyl (C=O) groups is 2. The van der Waals surface area contributed by atoms with E-state index >= 15 is 0 Å². The molecule has 1 saturated heterocycles. The van der Waals surface area contributed by atoms with Gasteiger partial charge >= 0.3 is 5.97 Å². The second kappa shape index (κ2) is 7.64. The predicted octanol–water partition coefficient (Wildman–Crippen LogP) is 1.56. The molecule has 6 nitrogen and oxygen atoms in total. The summed E-state index contributed by atoms with van der Waals surface area (Å²) in [4.78, 5) is 25.9. The molecule has 128 valence electrons. The van der Waals surface area contributed by atoms with Gasteiger partial charge in [-0.25, -0.2) is 4.79 Å². The highest BCUT2D eigenvalue weighted by Crippen LogP contribution is 2.17. The van der Waals surface area contributed by atoms with Gasteiger partial charge < -0.3 is 15.0 Å². The minimum atomic E-state index is -0.979. The summed E-state index contributed by atoms with van der Waals surface area (Å²) in [5.41, 5.74) is 1.48. The Morgan fingerprint density at radius 2 is 2.13 bits per heavy atom. The first-order valence-corrected chi connectivity index (χ1v) is 8.29. The van der Waals surface area contributed by atoms with Crippen LogP contribution in [0.2, 0.25) is 0 Å². The van der Waals surface area contributed by atoms with E-state index < -0.39 is 5.97 Å². The molecule has 0 radical (unpaired) electrons. The monoisotopic (exact) mass is 321 g/mol. The number of nitrogens with one attached hydrogen (secondary N) is 1. The van der Waals surface area contributed by atoms with Crippen molar-refractivity contribution in [2.24, 2.45) is 7.05 Å². The zero-order valence-corrected chi connectivity index (χ0v) is 14.3. The van der Waals surface area contributed by atoms with Crippen LogP contribution in [0.3, 0.4) is 0 Å². The van der Waals surface area contributed by atoms with Gasteiger partial charge in [-0.05, 0) is 38.8 Å². The maximum absolute atomic E-state index is 12.1. The number of rotatable bonds is 6.